The molecule has 1 atom stereocenters. The SMILES string of the molecule is Cc1ccc(C(CNC(=O)C2(c3ccc(Br)cc3)CCCC2)N2CCOCC2)o1. The Morgan fingerprint density at radius 2 is 1.83 bits per heavy atom. The van der Waals surface area contributed by atoms with Crippen LogP contribution in [0.25, 0.3) is 0 Å². The summed E-state index contributed by atoms with van der Waals surface area (Å²) in [5.74, 6) is 1.94. The average Bonchev–Trinajstić information content (AvgIpc) is 3.40. The summed E-state index contributed by atoms with van der Waals surface area (Å²) < 4.78 is 12.5. The molecule has 1 unspecified atom stereocenters. The predicted octanol–water partition coefficient (Wildman–Crippen LogP) is 4.35. The highest BCUT2D eigenvalue weighted by Gasteiger charge is 2.43. The number of hydrogen-bond donors (Lipinski definition) is 1. The molecule has 1 amide bonds. The zero-order valence-electron chi connectivity index (χ0n) is 17.0. The monoisotopic (exact) mass is 460 g/mol. The molecule has 1 aliphatic heterocycles. The van der Waals surface area contributed by atoms with Crippen molar-refractivity contribution in [1.29, 1.82) is 0 Å². The van der Waals surface area contributed by atoms with Crippen molar-refractivity contribution in [3.8, 4) is 0 Å². The Hall–Kier alpha value is -1.63. The summed E-state index contributed by atoms with van der Waals surface area (Å²) in [6, 6.07) is 12.3. The minimum atomic E-state index is -0.421. The Labute approximate surface area is 180 Å². The van der Waals surface area contributed by atoms with Crippen molar-refractivity contribution in [3.63, 3.8) is 0 Å². The molecule has 6 heteroatoms. The molecule has 2 fully saturated rings. The van der Waals surface area contributed by atoms with Gasteiger partial charge in [0.05, 0.1) is 24.7 Å². The van der Waals surface area contributed by atoms with Gasteiger partial charge >= 0.3 is 0 Å². The first-order valence-electron chi connectivity index (χ1n) is 10.5. The molecule has 1 aromatic heterocycles. The lowest BCUT2D eigenvalue weighted by Gasteiger charge is -2.35. The zero-order chi connectivity index (χ0) is 20.3. The number of carbonyl (C=O) groups excluding carboxylic acids is 1. The van der Waals surface area contributed by atoms with Crippen molar-refractivity contribution in [1.82, 2.24) is 10.2 Å². The van der Waals surface area contributed by atoms with E-state index in [-0.39, 0.29) is 11.9 Å². The highest BCUT2D eigenvalue weighted by molar-refractivity contribution is 9.10. The maximum Gasteiger partial charge on any atom is 0.230 e. The van der Waals surface area contributed by atoms with Crippen LogP contribution in [0.4, 0.5) is 0 Å². The Bertz CT molecular complexity index is 821. The van der Waals surface area contributed by atoms with Crippen LogP contribution in [0.3, 0.4) is 0 Å². The van der Waals surface area contributed by atoms with Crippen LogP contribution < -0.4 is 5.32 Å². The highest BCUT2D eigenvalue weighted by atomic mass is 79.9. The van der Waals surface area contributed by atoms with Crippen LogP contribution in [-0.2, 0) is 14.9 Å². The largest absolute Gasteiger partial charge is 0.465 e. The first-order chi connectivity index (χ1) is 14.1. The van der Waals surface area contributed by atoms with Gasteiger partial charge in [-0.15, -0.1) is 0 Å². The summed E-state index contributed by atoms with van der Waals surface area (Å²) in [6.07, 6.45) is 3.99. The van der Waals surface area contributed by atoms with Gasteiger partial charge in [-0.2, -0.15) is 0 Å². The average molecular weight is 461 g/mol. The van der Waals surface area contributed by atoms with Crippen molar-refractivity contribution in [2.24, 2.45) is 0 Å². The number of carbonyl (C=O) groups is 1. The lowest BCUT2D eigenvalue weighted by atomic mass is 9.78. The first-order valence-corrected chi connectivity index (χ1v) is 11.3. The number of furan rings is 1. The molecule has 0 bridgehead atoms. The number of benzene rings is 1. The van der Waals surface area contributed by atoms with Crippen molar-refractivity contribution >= 4 is 21.8 Å². The third kappa shape index (κ3) is 4.44. The summed E-state index contributed by atoms with van der Waals surface area (Å²) in [6.45, 7) is 5.62. The van der Waals surface area contributed by atoms with Gasteiger partial charge in [0.1, 0.15) is 11.5 Å². The number of amides is 1. The van der Waals surface area contributed by atoms with E-state index in [4.69, 9.17) is 9.15 Å². The number of ether oxygens (including phenoxy) is 1. The van der Waals surface area contributed by atoms with Crippen LogP contribution >= 0.6 is 15.9 Å². The van der Waals surface area contributed by atoms with E-state index in [1.807, 2.05) is 31.2 Å². The zero-order valence-corrected chi connectivity index (χ0v) is 18.5. The van der Waals surface area contributed by atoms with Crippen molar-refractivity contribution in [2.45, 2.75) is 44.1 Å². The van der Waals surface area contributed by atoms with Gasteiger partial charge in [0.2, 0.25) is 5.91 Å². The van der Waals surface area contributed by atoms with E-state index >= 15 is 0 Å². The maximum atomic E-state index is 13.5. The number of halogens is 1. The number of aryl methyl sites for hydroxylation is 1. The minimum absolute atomic E-state index is 0.0277. The molecule has 5 nitrogen and oxygen atoms in total. The fourth-order valence-corrected chi connectivity index (χ4v) is 4.95. The predicted molar refractivity (Wildman–Crippen MR) is 116 cm³/mol. The van der Waals surface area contributed by atoms with E-state index in [0.29, 0.717) is 19.8 Å². The molecule has 1 N–H and O–H groups in total. The fourth-order valence-electron chi connectivity index (χ4n) is 4.68. The van der Waals surface area contributed by atoms with E-state index in [1.54, 1.807) is 0 Å². The standard InChI is InChI=1S/C23H29BrN2O3/c1-17-4-9-21(29-17)20(26-12-14-28-15-13-26)16-25-22(27)23(10-2-3-11-23)18-5-7-19(24)8-6-18/h4-9,20H,2-3,10-16H2,1H3,(H,25,27). The second-order valence-electron chi connectivity index (χ2n) is 8.12. The second kappa shape index (κ2) is 9.02. The van der Waals surface area contributed by atoms with Gasteiger partial charge < -0.3 is 14.5 Å². The third-order valence-electron chi connectivity index (χ3n) is 6.32. The highest BCUT2D eigenvalue weighted by Crippen LogP contribution is 2.42. The van der Waals surface area contributed by atoms with Crippen LogP contribution in [0.2, 0.25) is 0 Å². The molecule has 2 aromatic rings. The molecule has 1 saturated carbocycles. The summed E-state index contributed by atoms with van der Waals surface area (Å²) in [4.78, 5) is 15.8. The number of rotatable bonds is 6. The Morgan fingerprint density at radius 3 is 2.45 bits per heavy atom. The van der Waals surface area contributed by atoms with Crippen LogP contribution in [0.5, 0.6) is 0 Å². The number of hydrogen-bond acceptors (Lipinski definition) is 4. The summed E-state index contributed by atoms with van der Waals surface area (Å²) in [5, 5.41) is 3.29. The fraction of sp³-hybridized carbons (Fsp3) is 0.522. The molecule has 2 heterocycles. The summed E-state index contributed by atoms with van der Waals surface area (Å²) in [5.41, 5.74) is 0.697. The molecule has 156 valence electrons. The van der Waals surface area contributed by atoms with E-state index in [9.17, 15) is 4.79 Å². The van der Waals surface area contributed by atoms with Crippen LogP contribution in [0.15, 0.2) is 45.3 Å². The number of nitrogens with zero attached hydrogens (tertiary/aromatic N) is 1. The van der Waals surface area contributed by atoms with Crippen LogP contribution in [0, 0.1) is 6.92 Å². The van der Waals surface area contributed by atoms with Gasteiger partial charge in [-0.25, -0.2) is 0 Å². The van der Waals surface area contributed by atoms with Gasteiger partial charge in [-0.3, -0.25) is 9.69 Å². The van der Waals surface area contributed by atoms with Gasteiger partial charge in [-0.1, -0.05) is 40.9 Å². The van der Waals surface area contributed by atoms with Crippen LogP contribution in [0.1, 0.15) is 48.8 Å². The first kappa shape index (κ1) is 20.6. The lowest BCUT2D eigenvalue weighted by Crippen LogP contribution is -2.48. The van der Waals surface area contributed by atoms with Crippen LogP contribution in [-0.4, -0.2) is 43.7 Å². The maximum absolute atomic E-state index is 13.5. The molecular weight excluding hydrogens is 432 g/mol. The van der Waals surface area contributed by atoms with E-state index in [2.05, 4.69) is 38.3 Å². The molecule has 4 rings (SSSR count). The number of nitrogens with one attached hydrogen (secondary N) is 1. The van der Waals surface area contributed by atoms with Gasteiger partial charge in [0.25, 0.3) is 0 Å². The third-order valence-corrected chi connectivity index (χ3v) is 6.85. The van der Waals surface area contributed by atoms with E-state index < -0.39 is 5.41 Å². The van der Waals surface area contributed by atoms with Crippen molar-refractivity contribution in [3.05, 3.63) is 58.0 Å². The molecule has 1 saturated heterocycles. The molecule has 0 radical (unpaired) electrons. The normalized spacial score (nSPS) is 20.5. The molecule has 0 spiro atoms. The molecular formula is C23H29BrN2O3. The minimum Gasteiger partial charge on any atom is -0.465 e. The smallest absolute Gasteiger partial charge is 0.230 e. The van der Waals surface area contributed by atoms with E-state index in [0.717, 1.165) is 60.3 Å². The van der Waals surface area contributed by atoms with Crippen molar-refractivity contribution in [2.75, 3.05) is 32.8 Å². The van der Waals surface area contributed by atoms with Gasteiger partial charge in [-0.05, 0) is 49.6 Å². The Kier molecular flexibility index (Phi) is 6.42. The topological polar surface area (TPSA) is 54.7 Å². The summed E-state index contributed by atoms with van der Waals surface area (Å²) in [7, 11) is 0. The molecule has 29 heavy (non-hydrogen) atoms. The lowest BCUT2D eigenvalue weighted by molar-refractivity contribution is -0.127. The Morgan fingerprint density at radius 1 is 1.14 bits per heavy atom. The quantitative estimate of drug-likeness (QED) is 0.695. The van der Waals surface area contributed by atoms with E-state index in [1.165, 1.54) is 0 Å². The van der Waals surface area contributed by atoms with Crippen molar-refractivity contribution < 1.29 is 13.9 Å². The van der Waals surface area contributed by atoms with Gasteiger partial charge in [0, 0.05) is 24.1 Å². The summed E-state index contributed by atoms with van der Waals surface area (Å²) >= 11 is 3.50. The second-order valence-corrected chi connectivity index (χ2v) is 9.03. The molecule has 1 aliphatic carbocycles. The molecule has 1 aromatic carbocycles. The molecule has 2 aliphatic rings. The Balaban J connectivity index is 1.52. The van der Waals surface area contributed by atoms with Gasteiger partial charge in [0.15, 0.2) is 0 Å². The number of morpholine rings is 1.